The SMILES string of the molecule is Cc1cc2ccccc2n1CC(=O)N1CCCC(c2cc(C(F)F)n3ncnc3n2)C1. The van der Waals surface area contributed by atoms with Gasteiger partial charge in [-0.15, -0.1) is 0 Å². The number of hydrogen-bond acceptors (Lipinski definition) is 4. The van der Waals surface area contributed by atoms with Gasteiger partial charge in [0.15, 0.2) is 0 Å². The van der Waals surface area contributed by atoms with E-state index in [1.54, 1.807) is 0 Å². The molecule has 3 aromatic heterocycles. The summed E-state index contributed by atoms with van der Waals surface area (Å²) in [5, 5.41) is 4.95. The third-order valence-electron chi connectivity index (χ3n) is 6.03. The number of halogens is 2. The number of nitrogens with zero attached hydrogens (tertiary/aromatic N) is 6. The minimum absolute atomic E-state index is 0.0202. The molecule has 0 saturated carbocycles. The van der Waals surface area contributed by atoms with Crippen LogP contribution in [-0.2, 0) is 11.3 Å². The molecular weight excluding hydrogens is 402 g/mol. The minimum Gasteiger partial charge on any atom is -0.340 e. The smallest absolute Gasteiger partial charge is 0.280 e. The summed E-state index contributed by atoms with van der Waals surface area (Å²) in [5.41, 5.74) is 2.37. The van der Waals surface area contributed by atoms with Crippen molar-refractivity contribution in [2.75, 3.05) is 13.1 Å². The van der Waals surface area contributed by atoms with Crippen LogP contribution < -0.4 is 0 Å². The molecule has 7 nitrogen and oxygen atoms in total. The number of carbonyl (C=O) groups excluding carboxylic acids is 1. The van der Waals surface area contributed by atoms with Gasteiger partial charge in [0.25, 0.3) is 12.2 Å². The van der Waals surface area contributed by atoms with Crippen molar-refractivity contribution in [3.63, 3.8) is 0 Å². The molecule has 0 N–H and O–H groups in total. The molecular formula is C22H22F2N6O. The van der Waals surface area contributed by atoms with Gasteiger partial charge < -0.3 is 9.47 Å². The average molecular weight is 424 g/mol. The summed E-state index contributed by atoms with van der Waals surface area (Å²) >= 11 is 0. The lowest BCUT2D eigenvalue weighted by Crippen LogP contribution is -2.41. The maximum Gasteiger partial charge on any atom is 0.280 e. The largest absolute Gasteiger partial charge is 0.340 e. The maximum absolute atomic E-state index is 13.5. The van der Waals surface area contributed by atoms with E-state index in [1.165, 1.54) is 12.4 Å². The molecule has 1 aromatic carbocycles. The van der Waals surface area contributed by atoms with Crippen molar-refractivity contribution < 1.29 is 13.6 Å². The Morgan fingerprint density at radius 1 is 1.26 bits per heavy atom. The van der Waals surface area contributed by atoms with Gasteiger partial charge in [0.2, 0.25) is 5.91 Å². The molecule has 0 aliphatic carbocycles. The minimum atomic E-state index is -2.68. The highest BCUT2D eigenvalue weighted by Gasteiger charge is 2.28. The Kier molecular flexibility index (Phi) is 4.88. The first-order valence-electron chi connectivity index (χ1n) is 10.3. The number of hydrogen-bond donors (Lipinski definition) is 0. The summed E-state index contributed by atoms with van der Waals surface area (Å²) in [4.78, 5) is 23.4. The molecule has 1 amide bonds. The molecule has 5 rings (SSSR count). The van der Waals surface area contributed by atoms with Crippen LogP contribution in [0.25, 0.3) is 16.7 Å². The zero-order valence-electron chi connectivity index (χ0n) is 17.1. The molecule has 1 aliphatic rings. The molecule has 1 saturated heterocycles. The number of fused-ring (bicyclic) bond motifs is 2. The Morgan fingerprint density at radius 3 is 2.94 bits per heavy atom. The molecule has 1 unspecified atom stereocenters. The predicted octanol–water partition coefficient (Wildman–Crippen LogP) is 3.73. The molecule has 0 spiro atoms. The van der Waals surface area contributed by atoms with Crippen LogP contribution in [0.3, 0.4) is 0 Å². The van der Waals surface area contributed by atoms with Crippen LogP contribution in [0.5, 0.6) is 0 Å². The second-order valence-corrected chi connectivity index (χ2v) is 7.99. The van der Waals surface area contributed by atoms with Crippen LogP contribution in [-0.4, -0.2) is 48.0 Å². The number of alkyl halides is 2. The van der Waals surface area contributed by atoms with Crippen LogP contribution in [0.15, 0.2) is 42.7 Å². The summed E-state index contributed by atoms with van der Waals surface area (Å²) in [7, 11) is 0. The highest BCUT2D eigenvalue weighted by Crippen LogP contribution is 2.29. The fourth-order valence-electron chi connectivity index (χ4n) is 4.46. The fourth-order valence-corrected chi connectivity index (χ4v) is 4.46. The summed E-state index contributed by atoms with van der Waals surface area (Å²) in [6.07, 6.45) is 0.122. The second kappa shape index (κ2) is 7.72. The van der Waals surface area contributed by atoms with Gasteiger partial charge in [-0.05, 0) is 43.4 Å². The molecule has 4 heterocycles. The Morgan fingerprint density at radius 2 is 2.10 bits per heavy atom. The number of benzene rings is 1. The lowest BCUT2D eigenvalue weighted by Gasteiger charge is -2.33. The normalized spacial score (nSPS) is 17.2. The lowest BCUT2D eigenvalue weighted by molar-refractivity contribution is -0.133. The first-order valence-corrected chi connectivity index (χ1v) is 10.3. The van der Waals surface area contributed by atoms with E-state index in [0.29, 0.717) is 18.8 Å². The first-order chi connectivity index (χ1) is 15.0. The lowest BCUT2D eigenvalue weighted by atomic mass is 9.94. The van der Waals surface area contributed by atoms with Gasteiger partial charge in [-0.3, -0.25) is 4.79 Å². The van der Waals surface area contributed by atoms with Gasteiger partial charge in [0, 0.05) is 30.2 Å². The topological polar surface area (TPSA) is 68.3 Å². The van der Waals surface area contributed by atoms with E-state index >= 15 is 0 Å². The quantitative estimate of drug-likeness (QED) is 0.501. The third-order valence-corrected chi connectivity index (χ3v) is 6.03. The van der Waals surface area contributed by atoms with Crippen molar-refractivity contribution in [3.8, 4) is 0 Å². The van der Waals surface area contributed by atoms with E-state index in [1.807, 2.05) is 40.7 Å². The molecule has 0 bridgehead atoms. The standard InChI is InChI=1S/C22H22F2N6O/c1-14-9-15-5-2-3-7-18(15)29(14)12-20(31)28-8-4-6-16(11-28)17-10-19(21(23)24)30-22(27-17)25-13-26-30/h2-3,5,7,9-10,13,16,21H,4,6,8,11-12H2,1H3. The number of likely N-dealkylation sites (tertiary alicyclic amines) is 1. The van der Waals surface area contributed by atoms with Gasteiger partial charge >= 0.3 is 0 Å². The van der Waals surface area contributed by atoms with Crippen LogP contribution in [0.1, 0.15) is 42.3 Å². The Bertz CT molecular complexity index is 1260. The molecule has 0 radical (unpaired) electrons. The molecule has 1 atom stereocenters. The van der Waals surface area contributed by atoms with Crippen LogP contribution in [0.2, 0.25) is 0 Å². The van der Waals surface area contributed by atoms with Gasteiger partial charge in [-0.2, -0.15) is 14.6 Å². The van der Waals surface area contributed by atoms with Gasteiger partial charge in [-0.25, -0.2) is 13.8 Å². The van der Waals surface area contributed by atoms with Crippen molar-refractivity contribution in [3.05, 3.63) is 59.8 Å². The summed E-state index contributed by atoms with van der Waals surface area (Å²) in [6.45, 7) is 3.36. The molecule has 1 fully saturated rings. The number of aryl methyl sites for hydroxylation is 1. The maximum atomic E-state index is 13.5. The summed E-state index contributed by atoms with van der Waals surface area (Å²) in [6, 6.07) is 11.5. The monoisotopic (exact) mass is 424 g/mol. The number of rotatable bonds is 4. The molecule has 9 heteroatoms. The van der Waals surface area contributed by atoms with E-state index < -0.39 is 6.43 Å². The van der Waals surface area contributed by atoms with Crippen molar-refractivity contribution in [2.45, 2.75) is 38.7 Å². The fraction of sp³-hybridized carbons (Fsp3) is 0.364. The first kappa shape index (κ1) is 19.6. The van der Waals surface area contributed by atoms with E-state index in [0.717, 1.165) is 34.0 Å². The molecule has 4 aromatic rings. The zero-order valence-corrected chi connectivity index (χ0v) is 17.1. The number of carbonyl (C=O) groups is 1. The third kappa shape index (κ3) is 3.54. The van der Waals surface area contributed by atoms with E-state index in [4.69, 9.17) is 0 Å². The number of para-hydroxylation sites is 1. The van der Waals surface area contributed by atoms with Gasteiger partial charge in [0.05, 0.1) is 5.69 Å². The summed E-state index contributed by atoms with van der Waals surface area (Å²) < 4.78 is 30.1. The highest BCUT2D eigenvalue weighted by atomic mass is 19.3. The molecule has 1 aliphatic heterocycles. The van der Waals surface area contributed by atoms with Crippen molar-refractivity contribution >= 4 is 22.6 Å². The predicted molar refractivity (Wildman–Crippen MR) is 111 cm³/mol. The van der Waals surface area contributed by atoms with Crippen LogP contribution >= 0.6 is 0 Å². The second-order valence-electron chi connectivity index (χ2n) is 7.99. The van der Waals surface area contributed by atoms with E-state index in [2.05, 4.69) is 21.1 Å². The van der Waals surface area contributed by atoms with Crippen molar-refractivity contribution in [1.82, 2.24) is 29.0 Å². The van der Waals surface area contributed by atoms with Crippen molar-refractivity contribution in [2.24, 2.45) is 0 Å². The van der Waals surface area contributed by atoms with Gasteiger partial charge in [0.1, 0.15) is 18.6 Å². The van der Waals surface area contributed by atoms with Gasteiger partial charge in [-0.1, -0.05) is 18.2 Å². The zero-order chi connectivity index (χ0) is 21.5. The Labute approximate surface area is 177 Å². The highest BCUT2D eigenvalue weighted by molar-refractivity contribution is 5.84. The van der Waals surface area contributed by atoms with Crippen LogP contribution in [0, 0.1) is 6.92 Å². The number of amides is 1. The number of aromatic nitrogens is 5. The van der Waals surface area contributed by atoms with E-state index in [9.17, 15) is 13.6 Å². The summed E-state index contributed by atoms with van der Waals surface area (Å²) in [5.74, 6) is 0.0666. The molecule has 160 valence electrons. The molecule has 31 heavy (non-hydrogen) atoms. The Hall–Kier alpha value is -3.36. The van der Waals surface area contributed by atoms with Crippen molar-refractivity contribution in [1.29, 1.82) is 0 Å². The average Bonchev–Trinajstić information content (AvgIpc) is 3.37. The van der Waals surface area contributed by atoms with E-state index in [-0.39, 0.29) is 29.8 Å². The number of piperidine rings is 1. The van der Waals surface area contributed by atoms with Crippen LogP contribution in [0.4, 0.5) is 8.78 Å². The Balaban J connectivity index is 1.38.